The molecule has 0 spiro atoms. The van der Waals surface area contributed by atoms with E-state index < -0.39 is 5.82 Å². The standard InChI is InChI=1S/C23H17Cl2FN4OS/c1-14-6-8-18(9-7-14)30-22(19-4-2-3-5-20(19)26)28-29-23(30)32-13-21(31)27-17-11-15(24)10-16(25)12-17/h2-12H,13H2,1H3,(H,27,31). The lowest BCUT2D eigenvalue weighted by Crippen LogP contribution is -2.14. The van der Waals surface area contributed by atoms with E-state index in [1.807, 2.05) is 31.2 Å². The molecule has 3 aromatic carbocycles. The van der Waals surface area contributed by atoms with Crippen LogP contribution >= 0.6 is 35.0 Å². The minimum Gasteiger partial charge on any atom is -0.325 e. The minimum atomic E-state index is -0.402. The molecule has 5 nitrogen and oxygen atoms in total. The highest BCUT2D eigenvalue weighted by atomic mass is 35.5. The van der Waals surface area contributed by atoms with E-state index in [0.29, 0.717) is 32.3 Å². The van der Waals surface area contributed by atoms with Gasteiger partial charge in [0.2, 0.25) is 5.91 Å². The smallest absolute Gasteiger partial charge is 0.234 e. The van der Waals surface area contributed by atoms with Gasteiger partial charge in [-0.2, -0.15) is 0 Å². The van der Waals surface area contributed by atoms with E-state index in [4.69, 9.17) is 23.2 Å². The van der Waals surface area contributed by atoms with Crippen LogP contribution in [0.15, 0.2) is 71.9 Å². The van der Waals surface area contributed by atoms with E-state index in [-0.39, 0.29) is 11.7 Å². The third-order valence-corrected chi connectivity index (χ3v) is 5.88. The van der Waals surface area contributed by atoms with Gasteiger partial charge in [0.15, 0.2) is 11.0 Å². The summed E-state index contributed by atoms with van der Waals surface area (Å²) in [6, 6.07) is 18.9. The maximum Gasteiger partial charge on any atom is 0.234 e. The largest absolute Gasteiger partial charge is 0.325 e. The zero-order valence-electron chi connectivity index (χ0n) is 16.8. The quantitative estimate of drug-likeness (QED) is 0.319. The Kier molecular flexibility index (Phi) is 6.79. The van der Waals surface area contributed by atoms with Gasteiger partial charge in [0, 0.05) is 21.4 Å². The number of thioether (sulfide) groups is 1. The van der Waals surface area contributed by atoms with Crippen molar-refractivity contribution in [3.8, 4) is 17.1 Å². The van der Waals surface area contributed by atoms with E-state index in [1.165, 1.54) is 17.8 Å². The van der Waals surface area contributed by atoms with Crippen molar-refractivity contribution in [1.82, 2.24) is 14.8 Å². The van der Waals surface area contributed by atoms with E-state index in [1.54, 1.807) is 41.0 Å². The second-order valence-corrected chi connectivity index (χ2v) is 8.77. The van der Waals surface area contributed by atoms with Gasteiger partial charge in [-0.05, 0) is 49.4 Å². The molecule has 0 saturated carbocycles. The second kappa shape index (κ2) is 9.73. The molecule has 0 aliphatic rings. The van der Waals surface area contributed by atoms with Crippen LogP contribution in [0.4, 0.5) is 10.1 Å². The molecule has 4 rings (SSSR count). The summed E-state index contributed by atoms with van der Waals surface area (Å²) >= 11 is 13.2. The fourth-order valence-electron chi connectivity index (χ4n) is 3.06. The Morgan fingerprint density at radius 2 is 1.72 bits per heavy atom. The van der Waals surface area contributed by atoms with Crippen molar-refractivity contribution in [3.05, 3.63) is 88.2 Å². The Balaban J connectivity index is 1.61. The van der Waals surface area contributed by atoms with E-state index in [0.717, 1.165) is 11.3 Å². The molecule has 0 aliphatic carbocycles. The Bertz CT molecular complexity index is 1260. The number of aromatic nitrogens is 3. The molecule has 0 bridgehead atoms. The third-order valence-electron chi connectivity index (χ3n) is 4.52. The highest BCUT2D eigenvalue weighted by molar-refractivity contribution is 7.99. The van der Waals surface area contributed by atoms with E-state index in [2.05, 4.69) is 15.5 Å². The first-order chi connectivity index (χ1) is 15.4. The monoisotopic (exact) mass is 486 g/mol. The van der Waals surface area contributed by atoms with Gasteiger partial charge in [-0.15, -0.1) is 10.2 Å². The van der Waals surface area contributed by atoms with E-state index in [9.17, 15) is 9.18 Å². The lowest BCUT2D eigenvalue weighted by Gasteiger charge is -2.11. The van der Waals surface area contributed by atoms with Gasteiger partial charge in [0.1, 0.15) is 5.82 Å². The third kappa shape index (κ3) is 5.12. The van der Waals surface area contributed by atoms with Gasteiger partial charge in [0.25, 0.3) is 0 Å². The number of hydrogen-bond acceptors (Lipinski definition) is 4. The average molecular weight is 487 g/mol. The van der Waals surface area contributed by atoms with Gasteiger partial charge in [-0.1, -0.05) is 64.8 Å². The Labute approximate surface area is 198 Å². The molecule has 0 unspecified atom stereocenters. The summed E-state index contributed by atoms with van der Waals surface area (Å²) < 4.78 is 16.2. The first-order valence-electron chi connectivity index (χ1n) is 9.57. The highest BCUT2D eigenvalue weighted by Crippen LogP contribution is 2.30. The van der Waals surface area contributed by atoms with Crippen molar-refractivity contribution < 1.29 is 9.18 Å². The van der Waals surface area contributed by atoms with Crippen LogP contribution in [-0.4, -0.2) is 26.4 Å². The molecule has 4 aromatic rings. The number of carbonyl (C=O) groups is 1. The van der Waals surface area contributed by atoms with Crippen molar-refractivity contribution in [2.24, 2.45) is 0 Å². The van der Waals surface area contributed by atoms with Gasteiger partial charge in [-0.25, -0.2) is 4.39 Å². The Morgan fingerprint density at radius 1 is 1.03 bits per heavy atom. The predicted octanol–water partition coefficient (Wildman–Crippen LogP) is 6.42. The lowest BCUT2D eigenvalue weighted by molar-refractivity contribution is -0.113. The zero-order valence-corrected chi connectivity index (χ0v) is 19.2. The van der Waals surface area contributed by atoms with Crippen LogP contribution in [0.25, 0.3) is 17.1 Å². The number of nitrogens with zero attached hydrogens (tertiary/aromatic N) is 3. The van der Waals surface area contributed by atoms with Crippen molar-refractivity contribution in [2.75, 3.05) is 11.1 Å². The van der Waals surface area contributed by atoms with Crippen LogP contribution in [0, 0.1) is 12.7 Å². The summed E-state index contributed by atoms with van der Waals surface area (Å²) in [5.41, 5.74) is 2.68. The molecular weight excluding hydrogens is 470 g/mol. The maximum absolute atomic E-state index is 14.5. The van der Waals surface area contributed by atoms with Crippen LogP contribution in [0.1, 0.15) is 5.56 Å². The molecule has 1 aromatic heterocycles. The molecule has 32 heavy (non-hydrogen) atoms. The Morgan fingerprint density at radius 3 is 2.41 bits per heavy atom. The summed E-state index contributed by atoms with van der Waals surface area (Å²) in [7, 11) is 0. The summed E-state index contributed by atoms with van der Waals surface area (Å²) in [5, 5.41) is 12.5. The number of nitrogens with one attached hydrogen (secondary N) is 1. The molecule has 1 heterocycles. The molecule has 9 heteroatoms. The van der Waals surface area contributed by atoms with Gasteiger partial charge < -0.3 is 5.32 Å². The molecule has 162 valence electrons. The number of hydrogen-bond donors (Lipinski definition) is 1. The normalized spacial score (nSPS) is 10.9. The summed E-state index contributed by atoms with van der Waals surface area (Å²) in [4.78, 5) is 12.5. The molecule has 0 aliphatic heterocycles. The lowest BCUT2D eigenvalue weighted by atomic mass is 10.2. The first kappa shape index (κ1) is 22.3. The average Bonchev–Trinajstić information content (AvgIpc) is 3.16. The highest BCUT2D eigenvalue weighted by Gasteiger charge is 2.19. The summed E-state index contributed by atoms with van der Waals surface area (Å²) in [6.45, 7) is 1.98. The number of anilines is 1. The molecule has 0 saturated heterocycles. The fraction of sp³-hybridized carbons (Fsp3) is 0.0870. The topological polar surface area (TPSA) is 59.8 Å². The minimum absolute atomic E-state index is 0.0609. The molecule has 1 amide bonds. The van der Waals surface area contributed by atoms with Crippen LogP contribution in [-0.2, 0) is 4.79 Å². The van der Waals surface area contributed by atoms with Gasteiger partial charge in [0.05, 0.1) is 11.3 Å². The number of halogens is 3. The molecule has 0 fully saturated rings. The van der Waals surface area contributed by atoms with Gasteiger partial charge in [-0.3, -0.25) is 9.36 Å². The number of rotatable bonds is 6. The van der Waals surface area contributed by atoms with Crippen molar-refractivity contribution >= 4 is 46.6 Å². The van der Waals surface area contributed by atoms with Gasteiger partial charge >= 0.3 is 0 Å². The Hall–Kier alpha value is -2.87. The number of benzene rings is 3. The zero-order chi connectivity index (χ0) is 22.7. The SMILES string of the molecule is Cc1ccc(-n2c(SCC(=O)Nc3cc(Cl)cc(Cl)c3)nnc2-c2ccccc2F)cc1. The van der Waals surface area contributed by atoms with Crippen molar-refractivity contribution in [3.63, 3.8) is 0 Å². The van der Waals surface area contributed by atoms with Crippen LogP contribution in [0.5, 0.6) is 0 Å². The summed E-state index contributed by atoms with van der Waals surface area (Å²) in [6.07, 6.45) is 0. The first-order valence-corrected chi connectivity index (χ1v) is 11.3. The predicted molar refractivity (Wildman–Crippen MR) is 127 cm³/mol. The fourth-order valence-corrected chi connectivity index (χ4v) is 4.34. The second-order valence-electron chi connectivity index (χ2n) is 6.95. The molecule has 0 radical (unpaired) electrons. The number of carbonyl (C=O) groups excluding carboxylic acids is 1. The maximum atomic E-state index is 14.5. The van der Waals surface area contributed by atoms with Crippen LogP contribution in [0.2, 0.25) is 10.0 Å². The number of amides is 1. The molecular formula is C23H17Cl2FN4OS. The van der Waals surface area contributed by atoms with E-state index >= 15 is 0 Å². The van der Waals surface area contributed by atoms with Crippen molar-refractivity contribution in [1.29, 1.82) is 0 Å². The van der Waals surface area contributed by atoms with Crippen LogP contribution in [0.3, 0.4) is 0 Å². The number of aryl methyl sites for hydroxylation is 1. The summed E-state index contributed by atoms with van der Waals surface area (Å²) in [5.74, 6) is -0.248. The molecule has 0 atom stereocenters. The van der Waals surface area contributed by atoms with Crippen LogP contribution < -0.4 is 5.32 Å². The van der Waals surface area contributed by atoms with Crippen molar-refractivity contribution in [2.45, 2.75) is 12.1 Å². The molecule has 1 N–H and O–H groups in total.